The average molecular weight is 215 g/mol. The molecule has 1 aliphatic rings. The summed E-state index contributed by atoms with van der Waals surface area (Å²) in [5.41, 5.74) is 0. The molecule has 0 bridgehead atoms. The van der Waals surface area contributed by atoms with Crippen LogP contribution < -0.4 is 5.32 Å². The lowest BCUT2D eigenvalue weighted by atomic mass is 10.3. The van der Waals surface area contributed by atoms with Gasteiger partial charge < -0.3 is 14.8 Å². The van der Waals surface area contributed by atoms with Crippen molar-refractivity contribution in [1.29, 1.82) is 0 Å². The number of esters is 1. The minimum absolute atomic E-state index is 0.191. The van der Waals surface area contributed by atoms with Gasteiger partial charge in [-0.15, -0.1) is 0 Å². The van der Waals surface area contributed by atoms with Crippen LogP contribution in [0.25, 0.3) is 0 Å². The lowest BCUT2D eigenvalue weighted by Crippen LogP contribution is -2.26. The van der Waals surface area contributed by atoms with E-state index < -0.39 is 6.09 Å². The lowest BCUT2D eigenvalue weighted by Gasteiger charge is -2.04. The van der Waals surface area contributed by atoms with Crippen LogP contribution in [0.4, 0.5) is 4.79 Å². The standard InChI is InChI=1S/C10H17NO4/c1-7-5-8(7)6-15-9(12)3-4-11-10(13)14-2/h7-8H,3-6H2,1-2H3,(H,11,13)/t7-,8-/m0/s1. The van der Waals surface area contributed by atoms with E-state index in [1.165, 1.54) is 7.11 Å². The molecule has 1 N–H and O–H groups in total. The van der Waals surface area contributed by atoms with Crippen LogP contribution in [-0.4, -0.2) is 32.3 Å². The van der Waals surface area contributed by atoms with Gasteiger partial charge in [-0.1, -0.05) is 6.92 Å². The number of amides is 1. The first kappa shape index (κ1) is 11.8. The van der Waals surface area contributed by atoms with Gasteiger partial charge in [0.25, 0.3) is 0 Å². The summed E-state index contributed by atoms with van der Waals surface area (Å²) in [6, 6.07) is 0. The summed E-state index contributed by atoms with van der Waals surface area (Å²) >= 11 is 0. The van der Waals surface area contributed by atoms with E-state index in [2.05, 4.69) is 17.0 Å². The van der Waals surface area contributed by atoms with E-state index >= 15 is 0 Å². The molecule has 0 aliphatic heterocycles. The van der Waals surface area contributed by atoms with Crippen LogP contribution in [0.15, 0.2) is 0 Å². The van der Waals surface area contributed by atoms with Crippen LogP contribution >= 0.6 is 0 Å². The van der Waals surface area contributed by atoms with Crippen molar-refractivity contribution in [3.63, 3.8) is 0 Å². The highest BCUT2D eigenvalue weighted by molar-refractivity contribution is 5.71. The molecule has 1 rings (SSSR count). The van der Waals surface area contributed by atoms with Crippen molar-refractivity contribution in [2.24, 2.45) is 11.8 Å². The van der Waals surface area contributed by atoms with Gasteiger partial charge in [-0.2, -0.15) is 0 Å². The number of rotatable bonds is 5. The zero-order valence-corrected chi connectivity index (χ0v) is 9.12. The Morgan fingerprint density at radius 3 is 2.67 bits per heavy atom. The molecule has 5 heteroatoms. The summed E-state index contributed by atoms with van der Waals surface area (Å²) in [7, 11) is 1.28. The molecule has 5 nitrogen and oxygen atoms in total. The molecule has 15 heavy (non-hydrogen) atoms. The molecular formula is C10H17NO4. The first-order valence-corrected chi connectivity index (χ1v) is 5.11. The Morgan fingerprint density at radius 1 is 1.47 bits per heavy atom. The number of carbonyl (C=O) groups excluding carboxylic acids is 2. The molecule has 1 saturated carbocycles. The molecule has 86 valence electrons. The molecule has 1 fully saturated rings. The quantitative estimate of drug-likeness (QED) is 0.693. The Bertz CT molecular complexity index is 242. The van der Waals surface area contributed by atoms with E-state index in [-0.39, 0.29) is 18.9 Å². The zero-order valence-electron chi connectivity index (χ0n) is 9.12. The number of nitrogens with one attached hydrogen (secondary N) is 1. The van der Waals surface area contributed by atoms with Crippen LogP contribution in [0.3, 0.4) is 0 Å². The normalized spacial score (nSPS) is 23.1. The summed E-state index contributed by atoms with van der Waals surface area (Å²) < 4.78 is 9.37. The van der Waals surface area contributed by atoms with Crippen molar-refractivity contribution in [2.75, 3.05) is 20.3 Å². The van der Waals surface area contributed by atoms with E-state index in [1.807, 2.05) is 0 Å². The van der Waals surface area contributed by atoms with Gasteiger partial charge in [0, 0.05) is 6.54 Å². The largest absolute Gasteiger partial charge is 0.465 e. The van der Waals surface area contributed by atoms with Crippen LogP contribution in [0.1, 0.15) is 19.8 Å². The first-order valence-electron chi connectivity index (χ1n) is 5.11. The second-order valence-electron chi connectivity index (χ2n) is 3.82. The number of alkyl carbamates (subject to hydrolysis) is 1. The SMILES string of the molecule is COC(=O)NCCC(=O)OC[C@@H]1C[C@@H]1C. The summed E-state index contributed by atoms with van der Waals surface area (Å²) in [6.07, 6.45) is 0.808. The fourth-order valence-electron chi connectivity index (χ4n) is 1.24. The maximum atomic E-state index is 11.1. The fourth-order valence-corrected chi connectivity index (χ4v) is 1.24. The zero-order chi connectivity index (χ0) is 11.3. The minimum Gasteiger partial charge on any atom is -0.465 e. The van der Waals surface area contributed by atoms with Gasteiger partial charge in [-0.25, -0.2) is 4.79 Å². The number of ether oxygens (including phenoxy) is 2. The molecule has 0 saturated heterocycles. The van der Waals surface area contributed by atoms with Gasteiger partial charge >= 0.3 is 12.1 Å². The van der Waals surface area contributed by atoms with Gasteiger partial charge in [0.05, 0.1) is 20.1 Å². The third-order valence-electron chi connectivity index (χ3n) is 2.52. The van der Waals surface area contributed by atoms with Crippen molar-refractivity contribution in [3.05, 3.63) is 0 Å². The summed E-state index contributed by atoms with van der Waals surface area (Å²) in [4.78, 5) is 21.8. The van der Waals surface area contributed by atoms with Crippen molar-refractivity contribution in [3.8, 4) is 0 Å². The molecule has 0 radical (unpaired) electrons. The molecule has 2 atom stereocenters. The van der Waals surface area contributed by atoms with Gasteiger partial charge in [0.15, 0.2) is 0 Å². The minimum atomic E-state index is -0.529. The predicted octanol–water partition coefficient (Wildman–Crippen LogP) is 0.932. The number of methoxy groups -OCH3 is 1. The number of hydrogen-bond donors (Lipinski definition) is 1. The third kappa shape index (κ3) is 4.67. The Hall–Kier alpha value is -1.26. The maximum Gasteiger partial charge on any atom is 0.406 e. The lowest BCUT2D eigenvalue weighted by molar-refractivity contribution is -0.144. The summed E-state index contributed by atoms with van der Waals surface area (Å²) in [5, 5.41) is 2.41. The number of carbonyl (C=O) groups is 2. The van der Waals surface area contributed by atoms with Gasteiger partial charge in [0.2, 0.25) is 0 Å². The van der Waals surface area contributed by atoms with Crippen LogP contribution in [0, 0.1) is 11.8 Å². The summed E-state index contributed by atoms with van der Waals surface area (Å²) in [5.74, 6) is 0.957. The molecule has 1 amide bonds. The Balaban J connectivity index is 1.96. The molecule has 0 spiro atoms. The second-order valence-corrected chi connectivity index (χ2v) is 3.82. The molecular weight excluding hydrogens is 198 g/mol. The molecule has 0 aromatic heterocycles. The smallest absolute Gasteiger partial charge is 0.406 e. The molecule has 0 heterocycles. The van der Waals surface area contributed by atoms with Gasteiger partial charge in [0.1, 0.15) is 0 Å². The Kier molecular flexibility index (Phi) is 4.39. The highest BCUT2D eigenvalue weighted by Gasteiger charge is 2.33. The second kappa shape index (κ2) is 5.58. The maximum absolute atomic E-state index is 11.1. The first-order chi connectivity index (χ1) is 7.13. The van der Waals surface area contributed by atoms with Crippen molar-refractivity contribution in [1.82, 2.24) is 5.32 Å². The summed E-state index contributed by atoms with van der Waals surface area (Å²) in [6.45, 7) is 2.90. The van der Waals surface area contributed by atoms with Crippen LogP contribution in [0.2, 0.25) is 0 Å². The fraction of sp³-hybridized carbons (Fsp3) is 0.800. The highest BCUT2D eigenvalue weighted by atomic mass is 16.5. The Morgan fingerprint density at radius 2 is 2.13 bits per heavy atom. The van der Waals surface area contributed by atoms with Crippen LogP contribution in [-0.2, 0) is 14.3 Å². The predicted molar refractivity (Wildman–Crippen MR) is 53.3 cm³/mol. The van der Waals surface area contributed by atoms with E-state index in [0.29, 0.717) is 18.4 Å². The van der Waals surface area contributed by atoms with Crippen LogP contribution in [0.5, 0.6) is 0 Å². The van der Waals surface area contributed by atoms with Crippen molar-refractivity contribution < 1.29 is 19.1 Å². The monoisotopic (exact) mass is 215 g/mol. The Labute approximate surface area is 89.1 Å². The molecule has 1 aliphatic carbocycles. The number of hydrogen-bond acceptors (Lipinski definition) is 4. The van der Waals surface area contributed by atoms with E-state index in [4.69, 9.17) is 4.74 Å². The van der Waals surface area contributed by atoms with E-state index in [1.54, 1.807) is 0 Å². The molecule has 0 aromatic rings. The van der Waals surface area contributed by atoms with Crippen molar-refractivity contribution >= 4 is 12.1 Å². The molecule has 0 aromatic carbocycles. The highest BCUT2D eigenvalue weighted by Crippen LogP contribution is 2.37. The van der Waals surface area contributed by atoms with Crippen molar-refractivity contribution in [2.45, 2.75) is 19.8 Å². The van der Waals surface area contributed by atoms with Gasteiger partial charge in [-0.3, -0.25) is 4.79 Å². The average Bonchev–Trinajstić information content (AvgIpc) is 2.91. The van der Waals surface area contributed by atoms with E-state index in [0.717, 1.165) is 6.42 Å². The van der Waals surface area contributed by atoms with Gasteiger partial charge in [-0.05, 0) is 18.3 Å². The topological polar surface area (TPSA) is 64.6 Å². The molecule has 0 unspecified atom stereocenters. The third-order valence-corrected chi connectivity index (χ3v) is 2.52. The van der Waals surface area contributed by atoms with E-state index in [9.17, 15) is 9.59 Å².